The minimum absolute atomic E-state index is 0.159. The molecular weight excluding hydrogens is 420 g/mol. The van der Waals surface area contributed by atoms with Crippen LogP contribution >= 0.6 is 0 Å². The zero-order valence-corrected chi connectivity index (χ0v) is 19.5. The molecule has 0 saturated carbocycles. The van der Waals surface area contributed by atoms with Gasteiger partial charge in [0.2, 0.25) is 5.91 Å². The average molecular weight is 451 g/mol. The summed E-state index contributed by atoms with van der Waals surface area (Å²) in [5, 5.41) is 3.78. The lowest BCUT2D eigenvalue weighted by Gasteiger charge is -2.38. The molecule has 0 radical (unpaired) electrons. The Morgan fingerprint density at radius 1 is 1.06 bits per heavy atom. The molecule has 1 atom stereocenters. The quantitative estimate of drug-likeness (QED) is 0.560. The largest absolute Gasteiger partial charge is 0.495 e. The van der Waals surface area contributed by atoms with Gasteiger partial charge < -0.3 is 24.7 Å². The first-order valence-electron chi connectivity index (χ1n) is 11.1. The third-order valence-corrected chi connectivity index (χ3v) is 6.26. The van der Waals surface area contributed by atoms with Gasteiger partial charge >= 0.3 is 5.97 Å². The summed E-state index contributed by atoms with van der Waals surface area (Å²) in [6.45, 7) is 6.92. The molecule has 4 rings (SSSR count). The monoisotopic (exact) mass is 450 g/mol. The van der Waals surface area contributed by atoms with E-state index >= 15 is 0 Å². The topological polar surface area (TPSA) is 86.9 Å². The molecule has 1 amide bonds. The molecule has 8 heteroatoms. The number of carbonyl (C=O) groups is 2. The van der Waals surface area contributed by atoms with Crippen LogP contribution in [-0.4, -0.2) is 68.2 Å². The van der Waals surface area contributed by atoms with E-state index in [1.165, 1.54) is 7.11 Å². The number of aromatic nitrogens is 1. The second-order valence-corrected chi connectivity index (χ2v) is 8.28. The fourth-order valence-corrected chi connectivity index (χ4v) is 4.33. The third kappa shape index (κ3) is 4.52. The number of amides is 1. The van der Waals surface area contributed by atoms with Gasteiger partial charge in [-0.1, -0.05) is 23.8 Å². The number of benzene rings is 2. The van der Waals surface area contributed by atoms with Crippen LogP contribution in [0.5, 0.6) is 5.75 Å². The predicted octanol–water partition coefficient (Wildman–Crippen LogP) is 3.42. The van der Waals surface area contributed by atoms with Crippen molar-refractivity contribution in [3.8, 4) is 5.75 Å². The molecule has 2 N–H and O–H groups in total. The number of aryl methyl sites for hydroxylation is 1. The van der Waals surface area contributed by atoms with Gasteiger partial charge in [-0.3, -0.25) is 9.69 Å². The second kappa shape index (κ2) is 9.54. The van der Waals surface area contributed by atoms with Crippen LogP contribution in [0.15, 0.2) is 42.5 Å². The van der Waals surface area contributed by atoms with Crippen molar-refractivity contribution in [1.29, 1.82) is 0 Å². The Kier molecular flexibility index (Phi) is 6.55. The van der Waals surface area contributed by atoms with Crippen molar-refractivity contribution in [2.75, 3.05) is 50.6 Å². The van der Waals surface area contributed by atoms with Gasteiger partial charge in [0.1, 0.15) is 11.4 Å². The van der Waals surface area contributed by atoms with Crippen LogP contribution in [0.4, 0.5) is 11.4 Å². The molecule has 0 bridgehead atoms. The number of piperazine rings is 1. The van der Waals surface area contributed by atoms with Gasteiger partial charge in [0.05, 0.1) is 31.6 Å². The van der Waals surface area contributed by atoms with E-state index in [0.29, 0.717) is 5.69 Å². The smallest absolute Gasteiger partial charge is 0.356 e. The van der Waals surface area contributed by atoms with Crippen LogP contribution in [0.3, 0.4) is 0 Å². The highest BCUT2D eigenvalue weighted by Gasteiger charge is 2.28. The molecule has 1 saturated heterocycles. The molecule has 33 heavy (non-hydrogen) atoms. The standard InChI is InChI=1S/C25H30N4O4/c1-16-9-10-19-18(15-16)22(23(26-19)25(31)33-4)27-24(30)17(2)28-11-13-29(14-12-28)20-7-5-6-8-21(20)32-3/h5-10,15,17,26H,11-14H2,1-4H3,(H,27,30)/t17-/m1/s1. The highest BCUT2D eigenvalue weighted by molar-refractivity contribution is 6.11. The van der Waals surface area contributed by atoms with Crippen LogP contribution in [0.2, 0.25) is 0 Å². The lowest BCUT2D eigenvalue weighted by molar-refractivity contribution is -0.120. The molecule has 0 spiro atoms. The summed E-state index contributed by atoms with van der Waals surface area (Å²) >= 11 is 0. The summed E-state index contributed by atoms with van der Waals surface area (Å²) in [5.41, 5.74) is 3.58. The minimum Gasteiger partial charge on any atom is -0.495 e. The highest BCUT2D eigenvalue weighted by Crippen LogP contribution is 2.31. The molecule has 0 unspecified atom stereocenters. The maximum Gasteiger partial charge on any atom is 0.356 e. The summed E-state index contributed by atoms with van der Waals surface area (Å²) in [6.07, 6.45) is 0. The Morgan fingerprint density at radius 2 is 1.79 bits per heavy atom. The van der Waals surface area contributed by atoms with Crippen molar-refractivity contribution in [3.05, 3.63) is 53.7 Å². The van der Waals surface area contributed by atoms with E-state index in [4.69, 9.17) is 9.47 Å². The van der Waals surface area contributed by atoms with Gasteiger partial charge in [-0.2, -0.15) is 0 Å². The predicted molar refractivity (Wildman–Crippen MR) is 129 cm³/mol. The van der Waals surface area contributed by atoms with Crippen molar-refractivity contribution in [1.82, 2.24) is 9.88 Å². The first-order valence-corrected chi connectivity index (χ1v) is 11.1. The lowest BCUT2D eigenvalue weighted by atomic mass is 10.1. The van der Waals surface area contributed by atoms with Gasteiger partial charge in [-0.05, 0) is 38.1 Å². The summed E-state index contributed by atoms with van der Waals surface area (Å²) < 4.78 is 10.4. The van der Waals surface area contributed by atoms with Crippen LogP contribution in [0.1, 0.15) is 23.0 Å². The van der Waals surface area contributed by atoms with Crippen LogP contribution < -0.4 is 15.0 Å². The average Bonchev–Trinajstić information content (AvgIpc) is 3.20. The van der Waals surface area contributed by atoms with Crippen LogP contribution in [0.25, 0.3) is 10.9 Å². The van der Waals surface area contributed by atoms with Gasteiger partial charge in [-0.15, -0.1) is 0 Å². The van der Waals surface area contributed by atoms with E-state index in [9.17, 15) is 9.59 Å². The molecule has 1 fully saturated rings. The van der Waals surface area contributed by atoms with E-state index in [1.54, 1.807) is 7.11 Å². The maximum atomic E-state index is 13.2. The maximum absolute atomic E-state index is 13.2. The Hall–Kier alpha value is -3.52. The number of carbonyl (C=O) groups excluding carboxylic acids is 2. The fraction of sp³-hybridized carbons (Fsp3) is 0.360. The van der Waals surface area contributed by atoms with Crippen LogP contribution in [0, 0.1) is 6.92 Å². The number of hydrogen-bond acceptors (Lipinski definition) is 6. The van der Waals surface area contributed by atoms with E-state index in [2.05, 4.69) is 26.2 Å². The van der Waals surface area contributed by atoms with Gasteiger partial charge in [-0.25, -0.2) is 4.79 Å². The summed E-state index contributed by atoms with van der Waals surface area (Å²) in [5.74, 6) is 0.173. The number of nitrogens with zero attached hydrogens (tertiary/aromatic N) is 2. The zero-order valence-electron chi connectivity index (χ0n) is 19.5. The van der Waals surface area contributed by atoms with E-state index < -0.39 is 5.97 Å². The minimum atomic E-state index is -0.516. The summed E-state index contributed by atoms with van der Waals surface area (Å²) in [6, 6.07) is 13.4. The van der Waals surface area contributed by atoms with E-state index in [-0.39, 0.29) is 17.6 Å². The zero-order chi connectivity index (χ0) is 23.5. The molecule has 1 aliphatic heterocycles. The highest BCUT2D eigenvalue weighted by atomic mass is 16.5. The summed E-state index contributed by atoms with van der Waals surface area (Å²) in [7, 11) is 3.00. The fourth-order valence-electron chi connectivity index (χ4n) is 4.33. The molecule has 1 aromatic heterocycles. The van der Waals surface area contributed by atoms with Gasteiger partial charge in [0.15, 0.2) is 0 Å². The normalized spacial score (nSPS) is 15.3. The Bertz CT molecular complexity index is 1160. The van der Waals surface area contributed by atoms with Crippen molar-refractivity contribution in [3.63, 3.8) is 0 Å². The van der Waals surface area contributed by atoms with Crippen LogP contribution in [-0.2, 0) is 9.53 Å². The van der Waals surface area contributed by atoms with Gasteiger partial charge in [0, 0.05) is 37.1 Å². The molecule has 2 heterocycles. The Labute approximate surface area is 193 Å². The molecule has 1 aliphatic rings. The Balaban J connectivity index is 1.48. The second-order valence-electron chi connectivity index (χ2n) is 8.28. The number of rotatable bonds is 6. The third-order valence-electron chi connectivity index (χ3n) is 6.26. The summed E-state index contributed by atoms with van der Waals surface area (Å²) in [4.78, 5) is 33.0. The molecular formula is C25H30N4O4. The number of para-hydroxylation sites is 2. The molecule has 0 aliphatic carbocycles. The number of methoxy groups -OCH3 is 2. The number of aromatic amines is 1. The number of esters is 1. The van der Waals surface area contributed by atoms with E-state index in [0.717, 1.165) is 54.1 Å². The number of ether oxygens (including phenoxy) is 2. The molecule has 8 nitrogen and oxygen atoms in total. The number of fused-ring (bicyclic) bond motifs is 1. The number of nitrogens with one attached hydrogen (secondary N) is 2. The van der Waals surface area contributed by atoms with Crippen molar-refractivity contribution < 1.29 is 19.1 Å². The number of H-pyrrole nitrogens is 1. The first kappa shape index (κ1) is 22.7. The Morgan fingerprint density at radius 3 is 2.48 bits per heavy atom. The number of anilines is 2. The van der Waals surface area contributed by atoms with Crippen molar-refractivity contribution in [2.45, 2.75) is 19.9 Å². The lowest BCUT2D eigenvalue weighted by Crippen LogP contribution is -2.53. The van der Waals surface area contributed by atoms with Crippen molar-refractivity contribution >= 4 is 34.2 Å². The first-order chi connectivity index (χ1) is 15.9. The SMILES string of the molecule is COC(=O)c1[nH]c2ccc(C)cc2c1NC(=O)[C@@H](C)N1CCN(c2ccccc2OC)CC1. The van der Waals surface area contributed by atoms with E-state index in [1.807, 2.05) is 50.2 Å². The number of hydrogen-bond donors (Lipinski definition) is 2. The molecule has 2 aromatic carbocycles. The van der Waals surface area contributed by atoms with Gasteiger partial charge in [0.25, 0.3) is 0 Å². The molecule has 3 aromatic rings. The van der Waals surface area contributed by atoms with Crippen molar-refractivity contribution in [2.24, 2.45) is 0 Å². The molecule has 174 valence electrons.